The average Bonchev–Trinajstić information content (AvgIpc) is 3.10. The molecule has 0 radical (unpaired) electrons. The van der Waals surface area contributed by atoms with E-state index in [1.165, 1.54) is 18.4 Å². The lowest BCUT2D eigenvalue weighted by atomic mass is 9.96. The normalized spacial score (nSPS) is 15.5. The van der Waals surface area contributed by atoms with Gasteiger partial charge in [0.05, 0.1) is 11.4 Å². The number of rotatable bonds is 7. The van der Waals surface area contributed by atoms with Crippen LogP contribution in [0.4, 0.5) is 0 Å². The fraction of sp³-hybridized carbons (Fsp3) is 0.333. The maximum absolute atomic E-state index is 5.57. The first-order valence-electron chi connectivity index (χ1n) is 9.35. The van der Waals surface area contributed by atoms with Crippen molar-refractivity contribution < 1.29 is 4.42 Å². The molecule has 27 heavy (non-hydrogen) atoms. The van der Waals surface area contributed by atoms with Crippen LogP contribution in [0.5, 0.6) is 0 Å². The second kappa shape index (κ2) is 7.96. The standard InChI is InChI=1S/C21H24N4OS/c1-2-22-20(24-15-21(10-11-21)16-7-4-3-5-8-16)23-13-17-14-26-19(25-17)18-9-6-12-27-18/h3-9,12,14H,2,10-11,13,15H2,1H3,(H2,22,23,24). The summed E-state index contributed by atoms with van der Waals surface area (Å²) < 4.78 is 5.57. The van der Waals surface area contributed by atoms with Crippen molar-refractivity contribution in [1.82, 2.24) is 15.6 Å². The zero-order valence-electron chi connectivity index (χ0n) is 15.4. The molecule has 0 aliphatic heterocycles. The number of thiophene rings is 1. The molecule has 1 aliphatic rings. The highest BCUT2D eigenvalue weighted by molar-refractivity contribution is 7.13. The van der Waals surface area contributed by atoms with Gasteiger partial charge in [0.2, 0.25) is 5.89 Å². The minimum atomic E-state index is 0.248. The second-order valence-corrected chi connectivity index (χ2v) is 7.76. The van der Waals surface area contributed by atoms with Crippen LogP contribution in [0.2, 0.25) is 0 Å². The molecular weight excluding hydrogens is 356 g/mol. The van der Waals surface area contributed by atoms with E-state index in [1.54, 1.807) is 17.6 Å². The van der Waals surface area contributed by atoms with Crippen LogP contribution in [0.1, 0.15) is 31.0 Å². The van der Waals surface area contributed by atoms with Crippen molar-refractivity contribution >= 4 is 17.3 Å². The molecule has 1 fully saturated rings. The molecule has 0 atom stereocenters. The summed E-state index contributed by atoms with van der Waals surface area (Å²) in [6.45, 7) is 4.28. The molecule has 0 unspecified atom stereocenters. The second-order valence-electron chi connectivity index (χ2n) is 6.82. The zero-order valence-corrected chi connectivity index (χ0v) is 16.3. The Morgan fingerprint density at radius 3 is 2.74 bits per heavy atom. The molecule has 2 aromatic heterocycles. The number of nitrogens with zero attached hydrogens (tertiary/aromatic N) is 2. The van der Waals surface area contributed by atoms with Gasteiger partial charge >= 0.3 is 0 Å². The van der Waals surface area contributed by atoms with Crippen LogP contribution >= 0.6 is 11.3 Å². The third kappa shape index (κ3) is 4.22. The van der Waals surface area contributed by atoms with Crippen molar-refractivity contribution in [2.24, 2.45) is 4.99 Å². The summed E-state index contributed by atoms with van der Waals surface area (Å²) in [5, 5.41) is 8.85. The summed E-state index contributed by atoms with van der Waals surface area (Å²) in [4.78, 5) is 10.2. The highest BCUT2D eigenvalue weighted by Crippen LogP contribution is 2.47. The molecule has 2 heterocycles. The maximum Gasteiger partial charge on any atom is 0.236 e. The van der Waals surface area contributed by atoms with Crippen LogP contribution in [0.25, 0.3) is 10.8 Å². The van der Waals surface area contributed by atoms with Crippen molar-refractivity contribution in [3.8, 4) is 10.8 Å². The first kappa shape index (κ1) is 17.8. The van der Waals surface area contributed by atoms with E-state index in [1.807, 2.05) is 17.5 Å². The Balaban J connectivity index is 1.39. The SMILES string of the molecule is CCNC(=NCc1coc(-c2cccs2)n1)NCC1(c2ccccc2)CC1. The first-order valence-corrected chi connectivity index (χ1v) is 10.2. The van der Waals surface area contributed by atoms with Gasteiger partial charge in [-0.3, -0.25) is 0 Å². The number of nitrogens with one attached hydrogen (secondary N) is 2. The van der Waals surface area contributed by atoms with Gasteiger partial charge < -0.3 is 15.1 Å². The molecule has 140 valence electrons. The van der Waals surface area contributed by atoms with Gasteiger partial charge in [-0.2, -0.15) is 0 Å². The third-order valence-electron chi connectivity index (χ3n) is 4.86. The van der Waals surface area contributed by atoms with Gasteiger partial charge in [-0.15, -0.1) is 11.3 Å². The quantitative estimate of drug-likeness (QED) is 0.477. The number of aliphatic imine (C=N–C) groups is 1. The van der Waals surface area contributed by atoms with E-state index in [0.717, 1.165) is 29.6 Å². The van der Waals surface area contributed by atoms with Crippen molar-refractivity contribution in [2.75, 3.05) is 13.1 Å². The lowest BCUT2D eigenvalue weighted by molar-refractivity contribution is 0.574. The van der Waals surface area contributed by atoms with Crippen molar-refractivity contribution in [3.63, 3.8) is 0 Å². The summed E-state index contributed by atoms with van der Waals surface area (Å²) in [6, 6.07) is 14.7. The summed E-state index contributed by atoms with van der Waals surface area (Å²) >= 11 is 1.62. The Morgan fingerprint density at radius 1 is 1.19 bits per heavy atom. The molecule has 0 saturated heterocycles. The number of benzene rings is 1. The Hall–Kier alpha value is -2.60. The predicted molar refractivity (Wildman–Crippen MR) is 110 cm³/mol. The summed E-state index contributed by atoms with van der Waals surface area (Å²) in [7, 11) is 0. The minimum absolute atomic E-state index is 0.248. The Morgan fingerprint density at radius 2 is 2.04 bits per heavy atom. The lowest BCUT2D eigenvalue weighted by Gasteiger charge is -2.19. The van der Waals surface area contributed by atoms with Crippen LogP contribution in [-0.2, 0) is 12.0 Å². The molecule has 1 aliphatic carbocycles. The Bertz CT molecular complexity index is 882. The largest absolute Gasteiger partial charge is 0.443 e. The lowest BCUT2D eigenvalue weighted by Crippen LogP contribution is -2.41. The zero-order chi connectivity index (χ0) is 18.5. The van der Waals surface area contributed by atoms with Crippen LogP contribution in [0, 0.1) is 0 Å². The van der Waals surface area contributed by atoms with Crippen molar-refractivity contribution in [1.29, 1.82) is 0 Å². The van der Waals surface area contributed by atoms with E-state index in [9.17, 15) is 0 Å². The van der Waals surface area contributed by atoms with Crippen LogP contribution < -0.4 is 10.6 Å². The number of hydrogen-bond acceptors (Lipinski definition) is 4. The molecule has 3 aromatic rings. The molecular formula is C21H24N4OS. The first-order chi connectivity index (χ1) is 13.3. The van der Waals surface area contributed by atoms with E-state index in [-0.39, 0.29) is 5.41 Å². The number of hydrogen-bond donors (Lipinski definition) is 2. The molecule has 6 heteroatoms. The van der Waals surface area contributed by atoms with E-state index in [0.29, 0.717) is 12.4 Å². The molecule has 0 amide bonds. The van der Waals surface area contributed by atoms with E-state index in [2.05, 4.69) is 57.9 Å². The number of guanidine groups is 1. The van der Waals surface area contributed by atoms with Crippen molar-refractivity contribution in [3.05, 3.63) is 65.4 Å². The predicted octanol–water partition coefficient (Wildman–Crippen LogP) is 4.19. The molecule has 0 spiro atoms. The third-order valence-corrected chi connectivity index (χ3v) is 5.72. The highest BCUT2D eigenvalue weighted by atomic mass is 32.1. The molecule has 1 aromatic carbocycles. The van der Waals surface area contributed by atoms with Gasteiger partial charge in [-0.05, 0) is 36.8 Å². The van der Waals surface area contributed by atoms with Gasteiger partial charge in [0, 0.05) is 18.5 Å². The Labute approximate surface area is 163 Å². The number of aromatic nitrogens is 1. The molecule has 4 rings (SSSR count). The Kier molecular flexibility index (Phi) is 5.25. The smallest absolute Gasteiger partial charge is 0.236 e. The van der Waals surface area contributed by atoms with Crippen LogP contribution in [-0.4, -0.2) is 24.0 Å². The van der Waals surface area contributed by atoms with Gasteiger partial charge in [-0.25, -0.2) is 9.98 Å². The molecule has 2 N–H and O–H groups in total. The topological polar surface area (TPSA) is 62.5 Å². The van der Waals surface area contributed by atoms with Crippen molar-refractivity contribution in [2.45, 2.75) is 31.7 Å². The highest BCUT2D eigenvalue weighted by Gasteiger charge is 2.43. The van der Waals surface area contributed by atoms with E-state index < -0.39 is 0 Å². The van der Waals surface area contributed by atoms with Gasteiger partial charge in [0.25, 0.3) is 0 Å². The summed E-state index contributed by atoms with van der Waals surface area (Å²) in [5.74, 6) is 1.48. The molecule has 1 saturated carbocycles. The average molecular weight is 381 g/mol. The monoisotopic (exact) mass is 380 g/mol. The van der Waals surface area contributed by atoms with Gasteiger partial charge in [0.1, 0.15) is 12.0 Å². The molecule has 5 nitrogen and oxygen atoms in total. The van der Waals surface area contributed by atoms with E-state index >= 15 is 0 Å². The summed E-state index contributed by atoms with van der Waals surface area (Å²) in [5.41, 5.74) is 2.49. The van der Waals surface area contributed by atoms with Gasteiger partial charge in [0.15, 0.2) is 5.96 Å². The fourth-order valence-corrected chi connectivity index (χ4v) is 3.81. The summed E-state index contributed by atoms with van der Waals surface area (Å²) in [6.07, 6.45) is 4.13. The molecule has 0 bridgehead atoms. The van der Waals surface area contributed by atoms with Crippen LogP contribution in [0.15, 0.2) is 63.5 Å². The van der Waals surface area contributed by atoms with E-state index in [4.69, 9.17) is 4.42 Å². The van der Waals surface area contributed by atoms with Crippen LogP contribution in [0.3, 0.4) is 0 Å². The fourth-order valence-electron chi connectivity index (χ4n) is 3.16. The minimum Gasteiger partial charge on any atom is -0.443 e. The maximum atomic E-state index is 5.57. The van der Waals surface area contributed by atoms with Gasteiger partial charge in [-0.1, -0.05) is 36.4 Å². The number of oxazole rings is 1.